The van der Waals surface area contributed by atoms with Crippen LogP contribution in [0.15, 0.2) is 11.9 Å². The van der Waals surface area contributed by atoms with Crippen molar-refractivity contribution >= 4 is 6.03 Å². The Hall–Kier alpha value is -0.990. The van der Waals surface area contributed by atoms with Crippen molar-refractivity contribution in [3.63, 3.8) is 0 Å². The van der Waals surface area contributed by atoms with E-state index in [0.717, 1.165) is 29.4 Å². The third-order valence-electron chi connectivity index (χ3n) is 5.81. The molecule has 0 unspecified atom stereocenters. The minimum Gasteiger partial charge on any atom is -0.294 e. The zero-order valence-corrected chi connectivity index (χ0v) is 11.9. The molecule has 0 atom stereocenters. The number of urea groups is 1. The molecule has 3 heteroatoms. The lowest BCUT2D eigenvalue weighted by molar-refractivity contribution is -0.0382. The van der Waals surface area contributed by atoms with E-state index in [9.17, 15) is 4.79 Å². The van der Waals surface area contributed by atoms with E-state index in [1.807, 2.05) is 4.90 Å². The highest BCUT2D eigenvalue weighted by molar-refractivity contribution is 5.80. The number of nitrogens with zero attached hydrogens (tertiary/aromatic N) is 2. The van der Waals surface area contributed by atoms with Crippen molar-refractivity contribution in [3.05, 3.63) is 11.9 Å². The highest BCUT2D eigenvalue weighted by atomic mass is 16.2. The van der Waals surface area contributed by atoms with Gasteiger partial charge in [0, 0.05) is 12.2 Å². The Bertz CT molecular complexity index is 412. The molecule has 2 amide bonds. The van der Waals surface area contributed by atoms with E-state index in [4.69, 9.17) is 0 Å². The summed E-state index contributed by atoms with van der Waals surface area (Å²) in [6.45, 7) is 4.23. The molecule has 3 nitrogen and oxygen atoms in total. The molecule has 19 heavy (non-hydrogen) atoms. The molecule has 4 fully saturated rings. The second-order valence-corrected chi connectivity index (χ2v) is 7.43. The summed E-state index contributed by atoms with van der Waals surface area (Å²) < 4.78 is 0. The van der Waals surface area contributed by atoms with Crippen LogP contribution < -0.4 is 5.32 Å². The van der Waals surface area contributed by atoms with Gasteiger partial charge in [-0.1, -0.05) is 13.8 Å². The smallest absolute Gasteiger partial charge is 0.294 e. The third-order valence-corrected chi connectivity index (χ3v) is 5.81. The van der Waals surface area contributed by atoms with E-state index in [1.54, 1.807) is 0 Å². The summed E-state index contributed by atoms with van der Waals surface area (Å²) in [4.78, 5) is 14.2. The van der Waals surface area contributed by atoms with Crippen LogP contribution in [0.5, 0.6) is 0 Å². The maximum atomic E-state index is 12.2. The topological polar surface area (TPSA) is 34.4 Å². The molecule has 103 valence electrons. The first-order chi connectivity index (χ1) is 9.11. The second-order valence-electron chi connectivity index (χ2n) is 7.43. The summed E-state index contributed by atoms with van der Waals surface area (Å²) in [6.07, 6.45) is 8.93. The number of rotatable bonds is 2. The fourth-order valence-electron chi connectivity index (χ4n) is 5.24. The van der Waals surface area contributed by atoms with Gasteiger partial charge in [-0.15, -0.1) is 0 Å². The Balaban J connectivity index is 1.61. The molecule has 0 saturated heterocycles. The Morgan fingerprint density at radius 1 is 1.11 bits per heavy atom. The predicted octanol–water partition coefficient (Wildman–Crippen LogP) is 3.35. The number of allylic oxidation sites excluding steroid dienone is 1. The molecule has 1 aliphatic heterocycles. The van der Waals surface area contributed by atoms with Crippen molar-refractivity contribution in [2.45, 2.75) is 52.0 Å². The Kier molecular flexibility index (Phi) is 2.49. The molecule has 0 aromatic carbocycles. The largest absolute Gasteiger partial charge is 0.348 e. The number of carbonyl (C=O) groups is 1. The lowest BCUT2D eigenvalue weighted by Gasteiger charge is -2.55. The van der Waals surface area contributed by atoms with E-state index < -0.39 is 0 Å². The Labute approximate surface area is 115 Å². The highest BCUT2D eigenvalue weighted by Gasteiger charge is 2.51. The van der Waals surface area contributed by atoms with E-state index >= 15 is 0 Å². The first-order valence-electron chi connectivity index (χ1n) is 7.87. The molecule has 5 aliphatic rings. The summed E-state index contributed by atoms with van der Waals surface area (Å²) in [6, 6.07) is 0.460. The van der Waals surface area contributed by atoms with E-state index in [-0.39, 0.29) is 6.03 Å². The lowest BCUT2D eigenvalue weighted by Crippen LogP contribution is -2.55. The van der Waals surface area contributed by atoms with Crippen LogP contribution in [0.3, 0.4) is 0 Å². The minimum absolute atomic E-state index is 0.00109. The van der Waals surface area contributed by atoms with Crippen LogP contribution in [-0.2, 0) is 0 Å². The summed E-state index contributed by atoms with van der Waals surface area (Å²) in [5.41, 5.74) is 0.971. The molecule has 0 aromatic heterocycles. The van der Waals surface area contributed by atoms with E-state index in [2.05, 4.69) is 25.4 Å². The van der Waals surface area contributed by atoms with Crippen LogP contribution in [0.2, 0.25) is 0 Å². The van der Waals surface area contributed by atoms with Gasteiger partial charge in [-0.25, -0.2) is 4.79 Å². The summed E-state index contributed by atoms with van der Waals surface area (Å²) in [5, 5.41) is 4.25. The molecule has 0 aromatic rings. The van der Waals surface area contributed by atoms with Gasteiger partial charge in [-0.05, 0) is 61.7 Å². The SMILES string of the molecule is CC(C)C1=CN(C2C3CC4CC(C3)CC2C4)C(=O)[N]1. The number of amides is 2. The molecule has 4 saturated carbocycles. The van der Waals surface area contributed by atoms with Gasteiger partial charge in [0.1, 0.15) is 0 Å². The van der Waals surface area contributed by atoms with Crippen molar-refractivity contribution in [1.29, 1.82) is 0 Å². The van der Waals surface area contributed by atoms with Gasteiger partial charge in [-0.3, -0.25) is 4.90 Å². The molecular weight excluding hydrogens is 236 g/mol. The molecule has 4 aliphatic carbocycles. The number of hydrogen-bond acceptors (Lipinski definition) is 1. The normalized spacial score (nSPS) is 43.9. The van der Waals surface area contributed by atoms with Crippen molar-refractivity contribution in [2.75, 3.05) is 0 Å². The van der Waals surface area contributed by atoms with Crippen LogP contribution in [0, 0.1) is 29.6 Å². The van der Waals surface area contributed by atoms with Crippen molar-refractivity contribution in [2.24, 2.45) is 29.6 Å². The summed E-state index contributed by atoms with van der Waals surface area (Å²) in [5.74, 6) is 3.77. The van der Waals surface area contributed by atoms with E-state index in [1.165, 1.54) is 32.1 Å². The predicted molar refractivity (Wildman–Crippen MR) is 73.1 cm³/mol. The second kappa shape index (κ2) is 4.00. The standard InChI is InChI=1S/C16H23N2O/c1-9(2)14-8-18(16(19)17-14)15-12-4-10-3-11(6-12)7-13(15)5-10/h8-13,15H,3-7H2,1-2H3. The van der Waals surface area contributed by atoms with Gasteiger partial charge in [0.05, 0.1) is 5.70 Å². The third kappa shape index (κ3) is 1.73. The van der Waals surface area contributed by atoms with Crippen LogP contribution in [0.25, 0.3) is 0 Å². The first-order valence-corrected chi connectivity index (χ1v) is 7.87. The maximum absolute atomic E-state index is 12.2. The Morgan fingerprint density at radius 2 is 1.68 bits per heavy atom. The fourth-order valence-corrected chi connectivity index (χ4v) is 5.24. The molecular formula is C16H23N2O. The van der Waals surface area contributed by atoms with E-state index in [0.29, 0.717) is 12.0 Å². The minimum atomic E-state index is 0.00109. The van der Waals surface area contributed by atoms with Crippen LogP contribution in [-0.4, -0.2) is 17.0 Å². The molecule has 0 spiro atoms. The lowest BCUT2D eigenvalue weighted by atomic mass is 9.54. The van der Waals surface area contributed by atoms with Gasteiger partial charge in [0.25, 0.3) is 0 Å². The summed E-state index contributed by atoms with van der Waals surface area (Å²) in [7, 11) is 0. The molecule has 1 radical (unpaired) electrons. The zero-order chi connectivity index (χ0) is 13.1. The van der Waals surface area contributed by atoms with Gasteiger partial charge in [0.2, 0.25) is 0 Å². The van der Waals surface area contributed by atoms with Crippen molar-refractivity contribution in [3.8, 4) is 0 Å². The quantitative estimate of drug-likeness (QED) is 0.749. The average molecular weight is 259 g/mol. The monoisotopic (exact) mass is 259 g/mol. The van der Waals surface area contributed by atoms with Crippen LogP contribution in [0.1, 0.15) is 46.0 Å². The highest BCUT2D eigenvalue weighted by Crippen LogP contribution is 2.55. The molecule has 4 bridgehead atoms. The fraction of sp³-hybridized carbons (Fsp3) is 0.812. The van der Waals surface area contributed by atoms with Crippen LogP contribution in [0.4, 0.5) is 4.79 Å². The van der Waals surface area contributed by atoms with Gasteiger partial charge < -0.3 is 0 Å². The number of hydrogen-bond donors (Lipinski definition) is 0. The number of carbonyl (C=O) groups excluding carboxylic acids is 1. The van der Waals surface area contributed by atoms with Crippen molar-refractivity contribution in [1.82, 2.24) is 10.2 Å². The molecule has 5 rings (SSSR count). The Morgan fingerprint density at radius 3 is 2.16 bits per heavy atom. The van der Waals surface area contributed by atoms with Gasteiger partial charge >= 0.3 is 6.03 Å². The average Bonchev–Trinajstić information content (AvgIpc) is 2.70. The molecule has 1 heterocycles. The maximum Gasteiger partial charge on any atom is 0.348 e. The van der Waals surface area contributed by atoms with Gasteiger partial charge in [-0.2, -0.15) is 5.32 Å². The van der Waals surface area contributed by atoms with Crippen LogP contribution >= 0.6 is 0 Å². The van der Waals surface area contributed by atoms with Gasteiger partial charge in [0.15, 0.2) is 0 Å². The van der Waals surface area contributed by atoms with Crippen molar-refractivity contribution < 1.29 is 4.79 Å². The molecule has 0 N–H and O–H groups in total. The summed E-state index contributed by atoms with van der Waals surface area (Å²) >= 11 is 0. The first kappa shape index (κ1) is 11.8. The zero-order valence-electron chi connectivity index (χ0n) is 11.9.